The van der Waals surface area contributed by atoms with Gasteiger partial charge in [0.1, 0.15) is 11.6 Å². The number of hydrogen-bond donors (Lipinski definition) is 3. The maximum absolute atomic E-state index is 13.6. The highest BCUT2D eigenvalue weighted by atomic mass is 19.1. The van der Waals surface area contributed by atoms with Crippen molar-refractivity contribution in [2.75, 3.05) is 23.7 Å². The van der Waals surface area contributed by atoms with Gasteiger partial charge in [-0.15, -0.1) is 0 Å². The zero-order valence-corrected chi connectivity index (χ0v) is 16.3. The van der Waals surface area contributed by atoms with Crippen molar-refractivity contribution in [1.29, 1.82) is 0 Å². The van der Waals surface area contributed by atoms with Crippen LogP contribution in [-0.2, 0) is 0 Å². The predicted molar refractivity (Wildman–Crippen MR) is 111 cm³/mol. The molecular formula is C21H25FN6O. The Balaban J connectivity index is 1.59. The van der Waals surface area contributed by atoms with Crippen LogP contribution in [0.2, 0.25) is 0 Å². The van der Waals surface area contributed by atoms with Crippen LogP contribution in [0.15, 0.2) is 48.8 Å². The van der Waals surface area contributed by atoms with Gasteiger partial charge in [0.25, 0.3) is 0 Å². The van der Waals surface area contributed by atoms with E-state index in [-0.39, 0.29) is 5.82 Å². The number of anilines is 2. The maximum atomic E-state index is 13.6. The molecule has 8 heteroatoms. The van der Waals surface area contributed by atoms with Gasteiger partial charge in [0.05, 0.1) is 18.0 Å². The molecule has 7 nitrogen and oxygen atoms in total. The van der Waals surface area contributed by atoms with Crippen LogP contribution in [0.1, 0.15) is 31.7 Å². The number of nitrogens with two attached hydrogens (primary N) is 1. The third-order valence-electron chi connectivity index (χ3n) is 5.48. The van der Waals surface area contributed by atoms with Gasteiger partial charge < -0.3 is 15.7 Å². The first-order valence-corrected chi connectivity index (χ1v) is 9.79. The van der Waals surface area contributed by atoms with E-state index in [0.29, 0.717) is 37.6 Å². The topological polar surface area (TPSA) is 96.0 Å². The highest BCUT2D eigenvalue weighted by Crippen LogP contribution is 2.39. The summed E-state index contributed by atoms with van der Waals surface area (Å²) in [5, 5.41) is 22.7. The summed E-state index contributed by atoms with van der Waals surface area (Å²) in [5.74, 6) is 0.862. The van der Waals surface area contributed by atoms with E-state index in [1.54, 1.807) is 29.2 Å². The summed E-state index contributed by atoms with van der Waals surface area (Å²) in [6, 6.07) is 8.34. The van der Waals surface area contributed by atoms with Crippen LogP contribution in [0.25, 0.3) is 11.4 Å². The molecule has 29 heavy (non-hydrogen) atoms. The highest BCUT2D eigenvalue weighted by Gasteiger charge is 2.38. The summed E-state index contributed by atoms with van der Waals surface area (Å²) < 4.78 is 15.2. The number of nitrogens with zero attached hydrogens (tertiary/aromatic N) is 4. The normalized spacial score (nSPS) is 16.9. The average Bonchev–Trinajstić information content (AvgIpc) is 3.36. The maximum Gasteiger partial charge on any atom is 0.151 e. The molecule has 1 aliphatic rings. The van der Waals surface area contributed by atoms with E-state index in [4.69, 9.17) is 5.73 Å². The fourth-order valence-electron chi connectivity index (χ4n) is 3.96. The number of aromatic amines is 1. The highest BCUT2D eigenvalue weighted by molar-refractivity contribution is 5.79. The molecule has 0 atom stereocenters. The number of halogens is 1. The Bertz CT molecular complexity index is 1000. The van der Waals surface area contributed by atoms with E-state index in [1.807, 2.05) is 19.1 Å². The number of allylic oxidation sites excluding steroid dienone is 1. The van der Waals surface area contributed by atoms with E-state index in [9.17, 15) is 9.50 Å². The summed E-state index contributed by atoms with van der Waals surface area (Å²) >= 11 is 0. The molecule has 0 saturated carbocycles. The second kappa shape index (κ2) is 7.71. The Labute approximate surface area is 168 Å². The largest absolute Gasteiger partial charge is 0.385 e. The zero-order valence-electron chi connectivity index (χ0n) is 16.3. The van der Waals surface area contributed by atoms with E-state index < -0.39 is 5.60 Å². The van der Waals surface area contributed by atoms with Crippen LogP contribution in [0.5, 0.6) is 0 Å². The number of rotatable bonds is 5. The van der Waals surface area contributed by atoms with Crippen molar-refractivity contribution in [2.24, 2.45) is 0 Å². The van der Waals surface area contributed by atoms with Gasteiger partial charge in [0.2, 0.25) is 0 Å². The number of H-pyrrole nitrogens is 1. The number of hydrogen-bond acceptors (Lipinski definition) is 5. The summed E-state index contributed by atoms with van der Waals surface area (Å²) in [5.41, 5.74) is 7.71. The molecular weight excluding hydrogens is 371 g/mol. The van der Waals surface area contributed by atoms with Crippen LogP contribution >= 0.6 is 0 Å². The van der Waals surface area contributed by atoms with Gasteiger partial charge in [0, 0.05) is 30.4 Å². The summed E-state index contributed by atoms with van der Waals surface area (Å²) in [4.78, 5) is 2.10. The quantitative estimate of drug-likeness (QED) is 0.616. The van der Waals surface area contributed by atoms with Crippen molar-refractivity contribution in [1.82, 2.24) is 20.0 Å². The lowest BCUT2D eigenvalue weighted by atomic mass is 9.80. The molecule has 1 aliphatic heterocycles. The Hall–Kier alpha value is -3.13. The van der Waals surface area contributed by atoms with Crippen molar-refractivity contribution < 1.29 is 9.50 Å². The molecule has 0 radical (unpaired) electrons. The SMILES string of the molecule is CC/C=C(\c1cnn(-c2ccn[nH]2)c1N)C1(O)CCN(c2cccc(F)c2)CC1. The smallest absolute Gasteiger partial charge is 0.151 e. The van der Waals surface area contributed by atoms with Crippen molar-refractivity contribution >= 4 is 17.1 Å². The third kappa shape index (κ3) is 3.63. The lowest BCUT2D eigenvalue weighted by Gasteiger charge is -2.40. The van der Waals surface area contributed by atoms with Crippen LogP contribution < -0.4 is 10.6 Å². The first-order chi connectivity index (χ1) is 14.0. The Morgan fingerprint density at radius 1 is 1.34 bits per heavy atom. The van der Waals surface area contributed by atoms with Crippen LogP contribution in [0.3, 0.4) is 0 Å². The summed E-state index contributed by atoms with van der Waals surface area (Å²) in [6.07, 6.45) is 7.14. The molecule has 2 aromatic heterocycles. The van der Waals surface area contributed by atoms with Crippen molar-refractivity contribution in [3.63, 3.8) is 0 Å². The molecule has 4 N–H and O–H groups in total. The van der Waals surface area contributed by atoms with Crippen molar-refractivity contribution in [3.8, 4) is 5.82 Å². The second-order valence-electron chi connectivity index (χ2n) is 7.32. The molecule has 152 valence electrons. The molecule has 3 heterocycles. The van der Waals surface area contributed by atoms with E-state index in [2.05, 4.69) is 20.2 Å². The number of piperidine rings is 1. The molecule has 0 aliphatic carbocycles. The molecule has 0 bridgehead atoms. The van der Waals surface area contributed by atoms with E-state index in [0.717, 1.165) is 23.2 Å². The fourth-order valence-corrected chi connectivity index (χ4v) is 3.96. The van der Waals surface area contributed by atoms with Crippen molar-refractivity contribution in [3.05, 3.63) is 60.2 Å². The van der Waals surface area contributed by atoms with Crippen LogP contribution in [0, 0.1) is 5.82 Å². The molecule has 1 fully saturated rings. The molecule has 0 spiro atoms. The Morgan fingerprint density at radius 2 is 2.14 bits per heavy atom. The van der Waals surface area contributed by atoms with Gasteiger partial charge in [-0.2, -0.15) is 14.9 Å². The predicted octanol–water partition coefficient (Wildman–Crippen LogP) is 3.14. The number of aliphatic hydroxyl groups is 1. The molecule has 3 aromatic rings. The minimum absolute atomic E-state index is 0.256. The first-order valence-electron chi connectivity index (χ1n) is 9.79. The van der Waals surface area contributed by atoms with Gasteiger partial charge in [0.15, 0.2) is 5.82 Å². The number of nitrogens with one attached hydrogen (secondary N) is 1. The fraction of sp³-hybridized carbons (Fsp3) is 0.333. The number of aromatic nitrogens is 4. The van der Waals surface area contributed by atoms with Gasteiger partial charge in [-0.25, -0.2) is 4.39 Å². The van der Waals surface area contributed by atoms with Crippen LogP contribution in [0.4, 0.5) is 15.9 Å². The molecule has 0 unspecified atom stereocenters. The Morgan fingerprint density at radius 3 is 2.79 bits per heavy atom. The van der Waals surface area contributed by atoms with Gasteiger partial charge in [-0.1, -0.05) is 19.1 Å². The molecule has 4 rings (SSSR count). The van der Waals surface area contributed by atoms with Crippen LogP contribution in [-0.4, -0.2) is 43.8 Å². The summed E-state index contributed by atoms with van der Waals surface area (Å²) in [7, 11) is 0. The monoisotopic (exact) mass is 396 g/mol. The second-order valence-corrected chi connectivity index (χ2v) is 7.32. The van der Waals surface area contributed by atoms with E-state index in [1.165, 1.54) is 12.1 Å². The standard InChI is InChI=1S/C21H25FN6O/c1-2-4-18(17-14-25-28(20(17)23)19-7-10-24-26-19)21(29)8-11-27(12-9-21)16-6-3-5-15(22)13-16/h3-7,10,13-14,29H,2,8-9,11-12,23H2,1H3,(H,24,26)/b18-4+. The third-order valence-corrected chi connectivity index (χ3v) is 5.48. The number of benzene rings is 1. The minimum Gasteiger partial charge on any atom is -0.385 e. The summed E-state index contributed by atoms with van der Waals surface area (Å²) in [6.45, 7) is 3.27. The minimum atomic E-state index is -1.02. The van der Waals surface area contributed by atoms with Gasteiger partial charge in [-0.05, 0) is 43.0 Å². The van der Waals surface area contributed by atoms with Gasteiger partial charge >= 0.3 is 0 Å². The zero-order chi connectivity index (χ0) is 20.4. The lowest BCUT2D eigenvalue weighted by molar-refractivity contribution is 0.0748. The molecule has 1 saturated heterocycles. The first kappa shape index (κ1) is 19.2. The van der Waals surface area contributed by atoms with Crippen molar-refractivity contribution in [2.45, 2.75) is 31.8 Å². The molecule has 0 amide bonds. The Kier molecular flexibility index (Phi) is 5.10. The van der Waals surface area contributed by atoms with Gasteiger partial charge in [-0.3, -0.25) is 5.10 Å². The number of nitrogen functional groups attached to an aromatic ring is 1. The average molecular weight is 396 g/mol. The lowest BCUT2D eigenvalue weighted by Crippen LogP contribution is -2.45. The van der Waals surface area contributed by atoms with E-state index >= 15 is 0 Å². The molecule has 1 aromatic carbocycles.